The lowest BCUT2D eigenvalue weighted by molar-refractivity contribution is 0.0826. The van der Waals surface area contributed by atoms with E-state index in [1.807, 2.05) is 13.0 Å². The number of hydrogen-bond donors (Lipinski definition) is 3. The minimum atomic E-state index is -0.527. The van der Waals surface area contributed by atoms with E-state index in [4.69, 9.17) is 9.47 Å². The third-order valence-corrected chi connectivity index (χ3v) is 7.01. The molecule has 3 aromatic rings. The summed E-state index contributed by atoms with van der Waals surface area (Å²) in [4.78, 5) is 28.5. The van der Waals surface area contributed by atoms with E-state index < -0.39 is 6.10 Å². The summed E-state index contributed by atoms with van der Waals surface area (Å²) in [5, 5.41) is 21.7. The summed E-state index contributed by atoms with van der Waals surface area (Å²) in [7, 11) is 1.60. The van der Waals surface area contributed by atoms with E-state index in [1.165, 1.54) is 0 Å². The molecule has 11 nitrogen and oxygen atoms in total. The van der Waals surface area contributed by atoms with Crippen LogP contribution >= 0.6 is 0 Å². The van der Waals surface area contributed by atoms with Gasteiger partial charge in [0.1, 0.15) is 17.6 Å². The largest absolute Gasteiger partial charge is 0.458 e. The normalized spacial score (nSPS) is 21.6. The zero-order valence-electron chi connectivity index (χ0n) is 20.7. The zero-order chi connectivity index (χ0) is 25.1. The number of anilines is 1. The van der Waals surface area contributed by atoms with E-state index in [1.54, 1.807) is 19.4 Å². The zero-order valence-corrected chi connectivity index (χ0v) is 20.7. The van der Waals surface area contributed by atoms with Gasteiger partial charge in [-0.25, -0.2) is 4.98 Å². The Bertz CT molecular complexity index is 1190. The van der Waals surface area contributed by atoms with Gasteiger partial charge in [0.25, 0.3) is 5.91 Å². The van der Waals surface area contributed by atoms with Crippen LogP contribution in [-0.2, 0) is 4.74 Å². The molecule has 3 aromatic heterocycles. The number of amides is 1. The van der Waals surface area contributed by atoms with Crippen molar-refractivity contribution in [3.8, 4) is 6.01 Å². The highest BCUT2D eigenvalue weighted by Crippen LogP contribution is 2.33. The number of methoxy groups -OCH3 is 1. The minimum Gasteiger partial charge on any atom is -0.458 e. The molecule has 1 saturated heterocycles. The molecule has 3 N–H and O–H groups in total. The molecule has 0 aromatic carbocycles. The summed E-state index contributed by atoms with van der Waals surface area (Å²) < 4.78 is 11.0. The number of pyridine rings is 1. The van der Waals surface area contributed by atoms with Gasteiger partial charge in [-0.1, -0.05) is 0 Å². The molecule has 1 aliphatic heterocycles. The molecule has 0 bridgehead atoms. The number of hydrogen-bond acceptors (Lipinski definition) is 9. The molecule has 0 spiro atoms. The Morgan fingerprint density at radius 3 is 2.86 bits per heavy atom. The van der Waals surface area contributed by atoms with E-state index >= 15 is 0 Å². The fourth-order valence-corrected chi connectivity index (χ4v) is 5.12. The maximum atomic E-state index is 13.0. The monoisotopic (exact) mass is 495 g/mol. The molecule has 2 fully saturated rings. The number of fused-ring (bicyclic) bond motifs is 1. The third-order valence-electron chi connectivity index (χ3n) is 7.01. The van der Waals surface area contributed by atoms with Crippen LogP contribution in [-0.4, -0.2) is 81.2 Å². The van der Waals surface area contributed by atoms with Gasteiger partial charge in [-0.3, -0.25) is 9.89 Å². The second-order valence-corrected chi connectivity index (χ2v) is 9.63. The van der Waals surface area contributed by atoms with Crippen molar-refractivity contribution in [2.45, 2.75) is 63.2 Å². The Labute approximate surface area is 209 Å². The fourth-order valence-electron chi connectivity index (χ4n) is 5.12. The molecular formula is C25H33N7O4. The number of carbonyl (C=O) groups is 1. The predicted octanol–water partition coefficient (Wildman–Crippen LogP) is 2.19. The lowest BCUT2D eigenvalue weighted by atomic mass is 9.92. The van der Waals surface area contributed by atoms with Gasteiger partial charge < -0.3 is 24.8 Å². The van der Waals surface area contributed by atoms with Crippen molar-refractivity contribution in [3.63, 3.8) is 0 Å². The molecule has 1 saturated carbocycles. The first-order chi connectivity index (χ1) is 17.5. The lowest BCUT2D eigenvalue weighted by Gasteiger charge is -2.32. The van der Waals surface area contributed by atoms with E-state index in [0.29, 0.717) is 24.8 Å². The molecule has 1 amide bonds. The highest BCUT2D eigenvalue weighted by atomic mass is 16.5. The number of aliphatic hydroxyl groups is 1. The van der Waals surface area contributed by atoms with Crippen molar-refractivity contribution < 1.29 is 19.4 Å². The Balaban J connectivity index is 1.33. The predicted molar refractivity (Wildman–Crippen MR) is 133 cm³/mol. The number of aromatic nitrogens is 5. The lowest BCUT2D eigenvalue weighted by Crippen LogP contribution is -2.40. The highest BCUT2D eigenvalue weighted by molar-refractivity contribution is 5.93. The molecule has 0 unspecified atom stereocenters. The first kappa shape index (κ1) is 24.4. The number of aliphatic hydroxyl groups excluding tert-OH is 1. The van der Waals surface area contributed by atoms with Gasteiger partial charge in [-0.15, -0.1) is 0 Å². The molecule has 5 rings (SSSR count). The molecule has 0 radical (unpaired) electrons. The molecule has 3 atom stereocenters. The van der Waals surface area contributed by atoms with Crippen LogP contribution in [0.25, 0.3) is 11.0 Å². The number of aromatic amines is 1. The van der Waals surface area contributed by atoms with Gasteiger partial charge in [0.15, 0.2) is 5.65 Å². The molecule has 4 heterocycles. The Morgan fingerprint density at radius 2 is 2.11 bits per heavy atom. The second-order valence-electron chi connectivity index (χ2n) is 9.63. The van der Waals surface area contributed by atoms with Crippen molar-refractivity contribution in [2.75, 3.05) is 31.7 Å². The second kappa shape index (κ2) is 10.8. The summed E-state index contributed by atoms with van der Waals surface area (Å²) in [5.74, 6) is 0.651. The van der Waals surface area contributed by atoms with Crippen LogP contribution in [0.4, 0.5) is 5.82 Å². The van der Waals surface area contributed by atoms with Crippen LogP contribution in [0.3, 0.4) is 0 Å². The van der Waals surface area contributed by atoms with Gasteiger partial charge in [0.2, 0.25) is 0 Å². The Kier molecular flexibility index (Phi) is 7.28. The number of piperidine rings is 1. The standard InChI is InChI=1S/C25H33N7O4/c1-15(14-35-2)36-25-28-19(24(34)27-18-6-3-7-20(18)33)13-21(29-25)32-11-8-16(9-12-32)22-17-5-4-10-26-23(17)31-30-22/h4-5,10,13,15-16,18,20,33H,3,6-9,11-12,14H2,1-2H3,(H,27,34)(H,26,30,31)/t15-,18+,20-/m1/s1. The number of nitrogens with one attached hydrogen (secondary N) is 2. The summed E-state index contributed by atoms with van der Waals surface area (Å²) in [6.07, 6.45) is 5.10. The fraction of sp³-hybridized carbons (Fsp3) is 0.560. The smallest absolute Gasteiger partial charge is 0.319 e. The topological polar surface area (TPSA) is 138 Å². The van der Waals surface area contributed by atoms with Crippen LogP contribution in [0.2, 0.25) is 0 Å². The summed E-state index contributed by atoms with van der Waals surface area (Å²) in [5.41, 5.74) is 2.08. The molecular weight excluding hydrogens is 462 g/mol. The molecule has 1 aliphatic carbocycles. The summed E-state index contributed by atoms with van der Waals surface area (Å²) in [6.45, 7) is 3.76. The Morgan fingerprint density at radius 1 is 1.28 bits per heavy atom. The van der Waals surface area contributed by atoms with Crippen molar-refractivity contribution >= 4 is 22.8 Å². The molecule has 2 aliphatic rings. The maximum absolute atomic E-state index is 13.0. The van der Waals surface area contributed by atoms with Crippen molar-refractivity contribution in [1.29, 1.82) is 0 Å². The number of ether oxygens (including phenoxy) is 2. The molecule has 11 heteroatoms. The van der Waals surface area contributed by atoms with Crippen LogP contribution in [0.1, 0.15) is 61.1 Å². The number of rotatable bonds is 8. The van der Waals surface area contributed by atoms with Crippen LogP contribution in [0, 0.1) is 0 Å². The number of H-pyrrole nitrogens is 1. The van der Waals surface area contributed by atoms with Gasteiger partial charge in [0, 0.05) is 49.5 Å². The Hall–Kier alpha value is -3.31. The van der Waals surface area contributed by atoms with E-state index in [2.05, 4.69) is 41.4 Å². The average Bonchev–Trinajstić information content (AvgIpc) is 3.50. The van der Waals surface area contributed by atoms with Crippen LogP contribution < -0.4 is 15.0 Å². The highest BCUT2D eigenvalue weighted by Gasteiger charge is 2.29. The number of nitrogens with zero attached hydrogens (tertiary/aromatic N) is 5. The number of carbonyl (C=O) groups excluding carboxylic acids is 1. The third kappa shape index (κ3) is 5.26. The molecule has 36 heavy (non-hydrogen) atoms. The summed E-state index contributed by atoms with van der Waals surface area (Å²) >= 11 is 0. The summed E-state index contributed by atoms with van der Waals surface area (Å²) in [6, 6.07) is 5.57. The van der Waals surface area contributed by atoms with Crippen molar-refractivity contribution in [2.24, 2.45) is 0 Å². The molecule has 192 valence electrons. The van der Waals surface area contributed by atoms with Gasteiger partial charge in [-0.2, -0.15) is 15.1 Å². The van der Waals surface area contributed by atoms with Crippen LogP contribution in [0.15, 0.2) is 24.4 Å². The van der Waals surface area contributed by atoms with Gasteiger partial charge in [0.05, 0.1) is 18.8 Å². The van der Waals surface area contributed by atoms with Gasteiger partial charge in [-0.05, 0) is 51.2 Å². The SMILES string of the molecule is COC[C@@H](C)Oc1nc(C(=O)N[C@H]2CCC[C@H]2O)cc(N2CCC(c3[nH]nc4ncccc34)CC2)n1. The van der Waals surface area contributed by atoms with E-state index in [-0.39, 0.29) is 29.8 Å². The quantitative estimate of drug-likeness (QED) is 0.429. The van der Waals surface area contributed by atoms with Gasteiger partial charge >= 0.3 is 6.01 Å². The first-order valence-electron chi connectivity index (χ1n) is 12.6. The van der Waals surface area contributed by atoms with Crippen molar-refractivity contribution in [3.05, 3.63) is 35.8 Å². The minimum absolute atomic E-state index is 0.141. The average molecular weight is 496 g/mol. The van der Waals surface area contributed by atoms with Crippen LogP contribution in [0.5, 0.6) is 6.01 Å². The van der Waals surface area contributed by atoms with E-state index in [9.17, 15) is 9.90 Å². The maximum Gasteiger partial charge on any atom is 0.319 e. The first-order valence-corrected chi connectivity index (χ1v) is 12.6. The van der Waals surface area contributed by atoms with Crippen molar-refractivity contribution in [1.82, 2.24) is 30.5 Å². The van der Waals surface area contributed by atoms with E-state index in [0.717, 1.165) is 55.5 Å².